The van der Waals surface area contributed by atoms with Crippen LogP contribution < -0.4 is 5.32 Å². The van der Waals surface area contributed by atoms with Gasteiger partial charge in [0.1, 0.15) is 0 Å². The van der Waals surface area contributed by atoms with Gasteiger partial charge in [0.05, 0.1) is 6.10 Å². The van der Waals surface area contributed by atoms with Gasteiger partial charge in [-0.25, -0.2) is 0 Å². The molecule has 3 heteroatoms. The van der Waals surface area contributed by atoms with Crippen LogP contribution in [0, 0.1) is 0 Å². The molecule has 1 aromatic carbocycles. The van der Waals surface area contributed by atoms with Gasteiger partial charge < -0.3 is 10.1 Å². The number of aryl methyl sites for hydroxylation is 1. The molecule has 0 unspecified atom stereocenters. The van der Waals surface area contributed by atoms with Crippen molar-refractivity contribution < 1.29 is 4.74 Å². The van der Waals surface area contributed by atoms with Crippen molar-refractivity contribution in [1.82, 2.24) is 0 Å². The zero-order valence-corrected chi connectivity index (χ0v) is 12.1. The van der Waals surface area contributed by atoms with Crippen LogP contribution in [0.1, 0.15) is 32.3 Å². The molecule has 0 spiro atoms. The number of halogens is 1. The van der Waals surface area contributed by atoms with E-state index in [1.807, 2.05) is 0 Å². The van der Waals surface area contributed by atoms with Crippen LogP contribution in [0.15, 0.2) is 22.7 Å². The lowest BCUT2D eigenvalue weighted by Gasteiger charge is -2.36. The van der Waals surface area contributed by atoms with Crippen molar-refractivity contribution in [2.24, 2.45) is 0 Å². The van der Waals surface area contributed by atoms with Crippen LogP contribution >= 0.6 is 15.9 Å². The Morgan fingerprint density at radius 1 is 1.35 bits per heavy atom. The first kappa shape index (κ1) is 12.9. The van der Waals surface area contributed by atoms with Gasteiger partial charge in [-0.2, -0.15) is 0 Å². The SMILES string of the molecule is CCOC1CC(Nc2ccc(Br)cc2CC)C1. The smallest absolute Gasteiger partial charge is 0.0614 e. The van der Waals surface area contributed by atoms with E-state index in [9.17, 15) is 0 Å². The van der Waals surface area contributed by atoms with Crippen LogP contribution in [-0.2, 0) is 11.2 Å². The average Bonchev–Trinajstić information content (AvgIpc) is 2.28. The molecule has 94 valence electrons. The van der Waals surface area contributed by atoms with Crippen LogP contribution in [0.2, 0.25) is 0 Å². The number of hydrogen-bond donors (Lipinski definition) is 1. The quantitative estimate of drug-likeness (QED) is 0.887. The highest BCUT2D eigenvalue weighted by molar-refractivity contribution is 9.10. The van der Waals surface area contributed by atoms with E-state index in [0.717, 1.165) is 30.3 Å². The van der Waals surface area contributed by atoms with E-state index in [0.29, 0.717) is 12.1 Å². The van der Waals surface area contributed by atoms with Gasteiger partial charge in [0, 0.05) is 22.8 Å². The Morgan fingerprint density at radius 3 is 2.76 bits per heavy atom. The minimum Gasteiger partial charge on any atom is -0.382 e. The number of rotatable bonds is 5. The Labute approximate surface area is 112 Å². The van der Waals surface area contributed by atoms with E-state index in [-0.39, 0.29) is 0 Å². The zero-order valence-electron chi connectivity index (χ0n) is 10.5. The van der Waals surface area contributed by atoms with Crippen molar-refractivity contribution in [2.45, 2.75) is 45.3 Å². The fourth-order valence-electron chi connectivity index (χ4n) is 2.27. The monoisotopic (exact) mass is 297 g/mol. The molecule has 1 aliphatic carbocycles. The summed E-state index contributed by atoms with van der Waals surface area (Å²) in [5.74, 6) is 0. The maximum Gasteiger partial charge on any atom is 0.0614 e. The lowest BCUT2D eigenvalue weighted by Crippen LogP contribution is -2.41. The van der Waals surface area contributed by atoms with Crippen molar-refractivity contribution in [3.63, 3.8) is 0 Å². The predicted molar refractivity (Wildman–Crippen MR) is 75.6 cm³/mol. The summed E-state index contributed by atoms with van der Waals surface area (Å²) in [7, 11) is 0. The first-order valence-corrected chi connectivity index (χ1v) is 7.18. The molecule has 1 aliphatic rings. The summed E-state index contributed by atoms with van der Waals surface area (Å²) in [4.78, 5) is 0. The molecule has 0 radical (unpaired) electrons. The van der Waals surface area contributed by atoms with E-state index < -0.39 is 0 Å². The molecule has 1 N–H and O–H groups in total. The summed E-state index contributed by atoms with van der Waals surface area (Å²) in [6, 6.07) is 7.04. The summed E-state index contributed by atoms with van der Waals surface area (Å²) in [6.45, 7) is 5.08. The van der Waals surface area contributed by atoms with Gasteiger partial charge in [0.25, 0.3) is 0 Å². The summed E-state index contributed by atoms with van der Waals surface area (Å²) in [5.41, 5.74) is 2.65. The van der Waals surface area contributed by atoms with Crippen LogP contribution in [0.4, 0.5) is 5.69 Å². The molecule has 1 aromatic rings. The Kier molecular flexibility index (Phi) is 4.46. The van der Waals surface area contributed by atoms with Gasteiger partial charge >= 0.3 is 0 Å². The van der Waals surface area contributed by atoms with E-state index in [4.69, 9.17) is 4.74 Å². The molecule has 0 saturated heterocycles. The molecule has 17 heavy (non-hydrogen) atoms. The Bertz CT molecular complexity index is 374. The number of ether oxygens (including phenoxy) is 1. The molecule has 0 bridgehead atoms. The van der Waals surface area contributed by atoms with Crippen molar-refractivity contribution in [3.8, 4) is 0 Å². The van der Waals surface area contributed by atoms with Crippen LogP contribution in [0.5, 0.6) is 0 Å². The average molecular weight is 298 g/mol. The molecule has 0 aliphatic heterocycles. The topological polar surface area (TPSA) is 21.3 Å². The number of anilines is 1. The second kappa shape index (κ2) is 5.87. The highest BCUT2D eigenvalue weighted by Crippen LogP contribution is 2.29. The minimum atomic E-state index is 0.470. The lowest BCUT2D eigenvalue weighted by molar-refractivity contribution is 0.00298. The molecule has 0 aromatic heterocycles. The van der Waals surface area contributed by atoms with E-state index in [1.54, 1.807) is 0 Å². The molecular weight excluding hydrogens is 278 g/mol. The highest BCUT2D eigenvalue weighted by atomic mass is 79.9. The largest absolute Gasteiger partial charge is 0.382 e. The fourth-order valence-corrected chi connectivity index (χ4v) is 2.68. The van der Waals surface area contributed by atoms with Crippen molar-refractivity contribution in [3.05, 3.63) is 28.2 Å². The number of nitrogens with one attached hydrogen (secondary N) is 1. The predicted octanol–water partition coefficient (Wildman–Crippen LogP) is 3.99. The van der Waals surface area contributed by atoms with Crippen LogP contribution in [0.3, 0.4) is 0 Å². The van der Waals surface area contributed by atoms with Crippen molar-refractivity contribution >= 4 is 21.6 Å². The molecular formula is C14H20BrNO. The second-order valence-corrected chi connectivity index (χ2v) is 5.46. The first-order valence-electron chi connectivity index (χ1n) is 6.39. The van der Waals surface area contributed by atoms with Gasteiger partial charge in [0.2, 0.25) is 0 Å². The summed E-state index contributed by atoms with van der Waals surface area (Å²) >= 11 is 3.52. The molecule has 0 amide bonds. The van der Waals surface area contributed by atoms with E-state index in [2.05, 4.69) is 53.3 Å². The number of hydrogen-bond acceptors (Lipinski definition) is 2. The van der Waals surface area contributed by atoms with Crippen molar-refractivity contribution in [2.75, 3.05) is 11.9 Å². The van der Waals surface area contributed by atoms with Gasteiger partial charge in [-0.1, -0.05) is 22.9 Å². The molecule has 0 heterocycles. The fraction of sp³-hybridized carbons (Fsp3) is 0.571. The Balaban J connectivity index is 1.92. The lowest BCUT2D eigenvalue weighted by atomic mass is 9.88. The zero-order chi connectivity index (χ0) is 12.3. The Hall–Kier alpha value is -0.540. The third-order valence-electron chi connectivity index (χ3n) is 3.31. The van der Waals surface area contributed by atoms with Gasteiger partial charge in [-0.05, 0) is 49.9 Å². The van der Waals surface area contributed by atoms with Gasteiger partial charge in [-0.15, -0.1) is 0 Å². The van der Waals surface area contributed by atoms with Gasteiger partial charge in [0.15, 0.2) is 0 Å². The molecule has 1 saturated carbocycles. The van der Waals surface area contributed by atoms with Crippen LogP contribution in [-0.4, -0.2) is 18.8 Å². The van der Waals surface area contributed by atoms with E-state index in [1.165, 1.54) is 11.3 Å². The molecule has 2 rings (SSSR count). The number of benzene rings is 1. The molecule has 2 nitrogen and oxygen atoms in total. The maximum atomic E-state index is 5.57. The van der Waals surface area contributed by atoms with E-state index >= 15 is 0 Å². The maximum absolute atomic E-state index is 5.57. The highest BCUT2D eigenvalue weighted by Gasteiger charge is 2.29. The normalized spacial score (nSPS) is 23.2. The second-order valence-electron chi connectivity index (χ2n) is 4.55. The van der Waals surface area contributed by atoms with Crippen molar-refractivity contribution in [1.29, 1.82) is 0 Å². The summed E-state index contributed by atoms with van der Waals surface area (Å²) < 4.78 is 6.73. The first-order chi connectivity index (χ1) is 8.22. The summed E-state index contributed by atoms with van der Waals surface area (Å²) in [6.07, 6.45) is 3.79. The van der Waals surface area contributed by atoms with Crippen LogP contribution in [0.25, 0.3) is 0 Å². The van der Waals surface area contributed by atoms with Gasteiger partial charge in [-0.3, -0.25) is 0 Å². The molecule has 0 atom stereocenters. The molecule has 1 fully saturated rings. The standard InChI is InChI=1S/C14H20BrNO/c1-3-10-7-11(15)5-6-14(10)16-12-8-13(9-12)17-4-2/h5-7,12-13,16H,3-4,8-9H2,1-2H3. The minimum absolute atomic E-state index is 0.470. The summed E-state index contributed by atoms with van der Waals surface area (Å²) in [5, 5.41) is 3.61. The third kappa shape index (κ3) is 3.23. The Morgan fingerprint density at radius 2 is 2.12 bits per heavy atom. The third-order valence-corrected chi connectivity index (χ3v) is 3.80.